The summed E-state index contributed by atoms with van der Waals surface area (Å²) in [6.07, 6.45) is 10.7. The summed E-state index contributed by atoms with van der Waals surface area (Å²) in [6, 6.07) is 3.17. The van der Waals surface area contributed by atoms with Crippen LogP contribution in [0, 0.1) is 6.92 Å². The van der Waals surface area contributed by atoms with Gasteiger partial charge in [-0.2, -0.15) is 0 Å². The number of aryl methyl sites for hydroxylation is 1. The van der Waals surface area contributed by atoms with Gasteiger partial charge in [-0.1, -0.05) is 34.9 Å². The first-order valence-electron chi connectivity index (χ1n) is 11.3. The van der Waals surface area contributed by atoms with Crippen molar-refractivity contribution in [3.63, 3.8) is 0 Å². The van der Waals surface area contributed by atoms with Gasteiger partial charge in [0, 0.05) is 5.56 Å². The molecule has 4 heteroatoms. The predicted molar refractivity (Wildman–Crippen MR) is 129 cm³/mol. The molecule has 0 saturated heterocycles. The Morgan fingerprint density at radius 2 is 1.61 bits per heavy atom. The number of aliphatic hydroxyl groups is 2. The van der Waals surface area contributed by atoms with Crippen molar-refractivity contribution < 1.29 is 20.4 Å². The molecule has 1 rings (SSSR count). The molecule has 0 saturated carbocycles. The summed E-state index contributed by atoms with van der Waals surface area (Å²) in [5, 5.41) is 40.8. The largest absolute Gasteiger partial charge is 0.508 e. The van der Waals surface area contributed by atoms with Crippen LogP contribution in [0.3, 0.4) is 0 Å². The fourth-order valence-electron chi connectivity index (χ4n) is 3.52. The first-order chi connectivity index (χ1) is 14.4. The van der Waals surface area contributed by atoms with Crippen LogP contribution in [-0.2, 0) is 6.42 Å². The third-order valence-electron chi connectivity index (χ3n) is 5.80. The van der Waals surface area contributed by atoms with Crippen molar-refractivity contribution >= 4 is 0 Å². The first-order valence-corrected chi connectivity index (χ1v) is 11.3. The highest BCUT2D eigenvalue weighted by molar-refractivity contribution is 5.46. The molecule has 1 aromatic rings. The van der Waals surface area contributed by atoms with Gasteiger partial charge in [0.1, 0.15) is 11.5 Å². The summed E-state index contributed by atoms with van der Waals surface area (Å²) in [4.78, 5) is 0. The molecule has 0 radical (unpaired) electrons. The minimum atomic E-state index is -1.07. The van der Waals surface area contributed by atoms with Gasteiger partial charge in [-0.05, 0) is 104 Å². The fraction of sp³-hybridized carbons (Fsp3) is 0.556. The normalized spacial score (nSPS) is 15.5. The van der Waals surface area contributed by atoms with Gasteiger partial charge in [0.05, 0.1) is 11.7 Å². The van der Waals surface area contributed by atoms with E-state index in [1.54, 1.807) is 26.0 Å². The summed E-state index contributed by atoms with van der Waals surface area (Å²) in [6.45, 7) is 11.7. The molecular weight excluding hydrogens is 388 g/mol. The predicted octanol–water partition coefficient (Wildman–Crippen LogP) is 6.26. The van der Waals surface area contributed by atoms with E-state index in [0.29, 0.717) is 24.8 Å². The van der Waals surface area contributed by atoms with Crippen molar-refractivity contribution in [2.75, 3.05) is 0 Å². The number of benzene rings is 1. The van der Waals surface area contributed by atoms with Crippen molar-refractivity contribution in [2.45, 2.75) is 98.2 Å². The number of phenolic OH excluding ortho intramolecular Hbond substituents is 2. The molecule has 2 atom stereocenters. The molecule has 0 heterocycles. The van der Waals surface area contributed by atoms with Gasteiger partial charge >= 0.3 is 0 Å². The Bertz CT molecular complexity index is 796. The van der Waals surface area contributed by atoms with Crippen LogP contribution >= 0.6 is 0 Å². The maximum Gasteiger partial charge on any atom is 0.122 e. The van der Waals surface area contributed by atoms with Crippen molar-refractivity contribution in [3.8, 4) is 11.5 Å². The Kier molecular flexibility index (Phi) is 11.1. The van der Waals surface area contributed by atoms with Crippen LogP contribution in [0.5, 0.6) is 11.5 Å². The average molecular weight is 431 g/mol. The van der Waals surface area contributed by atoms with Crippen molar-refractivity contribution in [2.24, 2.45) is 0 Å². The minimum Gasteiger partial charge on any atom is -0.508 e. The second kappa shape index (κ2) is 12.7. The Morgan fingerprint density at radius 3 is 2.26 bits per heavy atom. The molecule has 0 spiro atoms. The number of hydrogen-bond donors (Lipinski definition) is 4. The highest BCUT2D eigenvalue weighted by Gasteiger charge is 2.28. The van der Waals surface area contributed by atoms with E-state index < -0.39 is 11.7 Å². The minimum absolute atomic E-state index is 0.174. The third-order valence-corrected chi connectivity index (χ3v) is 5.80. The van der Waals surface area contributed by atoms with Gasteiger partial charge in [0.2, 0.25) is 0 Å². The molecule has 0 bridgehead atoms. The van der Waals surface area contributed by atoms with Crippen molar-refractivity contribution in [3.05, 3.63) is 58.2 Å². The van der Waals surface area contributed by atoms with E-state index in [-0.39, 0.29) is 11.5 Å². The highest BCUT2D eigenvalue weighted by Crippen LogP contribution is 2.28. The molecule has 0 fully saturated rings. The number of aliphatic hydroxyl groups excluding tert-OH is 1. The molecule has 0 aromatic heterocycles. The van der Waals surface area contributed by atoms with E-state index >= 15 is 0 Å². The van der Waals surface area contributed by atoms with Crippen molar-refractivity contribution in [1.82, 2.24) is 0 Å². The second-order valence-corrected chi connectivity index (χ2v) is 9.35. The lowest BCUT2D eigenvalue weighted by Crippen LogP contribution is -2.39. The lowest BCUT2D eigenvalue weighted by molar-refractivity contribution is -0.0691. The van der Waals surface area contributed by atoms with Gasteiger partial charge in [-0.15, -0.1) is 0 Å². The van der Waals surface area contributed by atoms with Crippen LogP contribution in [0.4, 0.5) is 0 Å². The summed E-state index contributed by atoms with van der Waals surface area (Å²) in [5.41, 5.74) is 4.01. The molecule has 4 nitrogen and oxygen atoms in total. The molecule has 1 aromatic carbocycles. The quantitative estimate of drug-likeness (QED) is 0.233. The van der Waals surface area contributed by atoms with Crippen LogP contribution < -0.4 is 0 Å². The van der Waals surface area contributed by atoms with E-state index in [2.05, 4.69) is 32.1 Å². The third kappa shape index (κ3) is 10.2. The zero-order valence-corrected chi connectivity index (χ0v) is 20.2. The number of hydrogen-bond acceptors (Lipinski definition) is 4. The molecule has 0 aliphatic heterocycles. The van der Waals surface area contributed by atoms with Crippen LogP contribution in [0.25, 0.3) is 0 Å². The van der Waals surface area contributed by atoms with Crippen LogP contribution in [0.2, 0.25) is 0 Å². The van der Waals surface area contributed by atoms with Crippen LogP contribution in [0.15, 0.2) is 47.1 Å². The SMILES string of the molecule is CC(C)=CCC[C@@](C)(O)[C@@H](O)CC/C(C)=C/CC/C(C)=C/Cc1cc(O)cc(C)c1O. The summed E-state index contributed by atoms with van der Waals surface area (Å²) >= 11 is 0. The zero-order chi connectivity index (χ0) is 23.6. The molecule has 4 N–H and O–H groups in total. The van der Waals surface area contributed by atoms with E-state index in [0.717, 1.165) is 31.2 Å². The standard InChI is InChI=1S/C27H42O4/c1-19(2)9-8-16-27(6,31)25(29)15-13-21(4)11-7-10-20(3)12-14-23-18-24(28)17-22(5)26(23)30/h9,11-12,17-18,25,28-31H,7-8,10,13-16H2,1-6H3/b20-12+,21-11+/t25-,27+/m0/s1. The lowest BCUT2D eigenvalue weighted by atomic mass is 9.89. The lowest BCUT2D eigenvalue weighted by Gasteiger charge is -2.29. The van der Waals surface area contributed by atoms with E-state index in [9.17, 15) is 20.4 Å². The number of allylic oxidation sites excluding steroid dienone is 6. The molecule has 0 unspecified atom stereocenters. The van der Waals surface area contributed by atoms with Gasteiger partial charge in [0.15, 0.2) is 0 Å². The molecule has 0 aliphatic rings. The zero-order valence-electron chi connectivity index (χ0n) is 20.2. The first kappa shape index (κ1) is 27.0. The summed E-state index contributed by atoms with van der Waals surface area (Å²) < 4.78 is 0. The van der Waals surface area contributed by atoms with Gasteiger partial charge in [0.25, 0.3) is 0 Å². The number of aromatic hydroxyl groups is 2. The molecule has 174 valence electrons. The van der Waals surface area contributed by atoms with Crippen LogP contribution in [0.1, 0.15) is 84.3 Å². The van der Waals surface area contributed by atoms with Crippen molar-refractivity contribution in [1.29, 1.82) is 0 Å². The molecule has 0 aliphatic carbocycles. The highest BCUT2D eigenvalue weighted by atomic mass is 16.3. The van der Waals surface area contributed by atoms with Gasteiger partial charge in [-0.25, -0.2) is 0 Å². The smallest absolute Gasteiger partial charge is 0.122 e. The summed E-state index contributed by atoms with van der Waals surface area (Å²) in [5.74, 6) is 0.418. The number of rotatable bonds is 12. The Hall–Kier alpha value is -2.04. The van der Waals surface area contributed by atoms with E-state index in [4.69, 9.17) is 0 Å². The molecular formula is C27H42O4. The topological polar surface area (TPSA) is 80.9 Å². The average Bonchev–Trinajstić information content (AvgIpc) is 2.67. The monoisotopic (exact) mass is 430 g/mol. The number of phenols is 2. The fourth-order valence-corrected chi connectivity index (χ4v) is 3.52. The Labute approximate surface area is 188 Å². The molecule has 0 amide bonds. The molecule has 31 heavy (non-hydrogen) atoms. The second-order valence-electron chi connectivity index (χ2n) is 9.35. The van der Waals surface area contributed by atoms with Gasteiger partial charge in [-0.3, -0.25) is 0 Å². The van der Waals surface area contributed by atoms with Crippen LogP contribution in [-0.4, -0.2) is 32.1 Å². The van der Waals surface area contributed by atoms with E-state index in [1.807, 2.05) is 13.8 Å². The Morgan fingerprint density at radius 1 is 0.968 bits per heavy atom. The maximum atomic E-state index is 10.5. The summed E-state index contributed by atoms with van der Waals surface area (Å²) in [7, 11) is 0. The Balaban J connectivity index is 2.46. The van der Waals surface area contributed by atoms with E-state index in [1.165, 1.54) is 16.7 Å². The maximum absolute atomic E-state index is 10.5. The van der Waals surface area contributed by atoms with Gasteiger partial charge < -0.3 is 20.4 Å².